The van der Waals surface area contributed by atoms with Crippen LogP contribution in [0, 0.1) is 0 Å². The first-order valence-electron chi connectivity index (χ1n) is 4.19. The Labute approximate surface area is 95.2 Å². The molecule has 7 heteroatoms. The number of hydrogen-bond donors (Lipinski definition) is 2. The monoisotopic (exact) mass is 257 g/mol. The lowest BCUT2D eigenvalue weighted by Crippen LogP contribution is -2.15. The number of carbonyl (C=O) groups is 1. The molecule has 0 bridgehead atoms. The summed E-state index contributed by atoms with van der Waals surface area (Å²) in [5.41, 5.74) is 0. The highest BCUT2D eigenvalue weighted by Gasteiger charge is 2.25. The number of sulfonamides is 1. The summed E-state index contributed by atoms with van der Waals surface area (Å²) >= 11 is 0.900. The smallest absolute Gasteiger partial charge is 0.347 e. The number of carboxylic acids is 1. The number of primary sulfonamides is 1. The average Bonchev–Trinajstić information content (AvgIpc) is 2.55. The van der Waals surface area contributed by atoms with Crippen LogP contribution in [0.3, 0.4) is 0 Å². The molecule has 0 saturated carbocycles. The molecule has 0 aliphatic carbocycles. The number of hydrogen-bond acceptors (Lipinski definition) is 4. The van der Waals surface area contributed by atoms with Gasteiger partial charge in [0.2, 0.25) is 10.0 Å². The number of aromatic carboxylic acids is 1. The first-order chi connectivity index (χ1) is 7.41. The molecule has 0 unspecified atom stereocenters. The first-order valence-corrected chi connectivity index (χ1v) is 6.55. The molecule has 0 aliphatic heterocycles. The van der Waals surface area contributed by atoms with Gasteiger partial charge in [-0.2, -0.15) is 0 Å². The fourth-order valence-corrected chi connectivity index (χ4v) is 3.75. The van der Waals surface area contributed by atoms with Crippen LogP contribution in [0.15, 0.2) is 29.2 Å². The van der Waals surface area contributed by atoms with Crippen LogP contribution in [0.5, 0.6) is 0 Å². The van der Waals surface area contributed by atoms with Gasteiger partial charge in [0, 0.05) is 10.1 Å². The summed E-state index contributed by atoms with van der Waals surface area (Å²) < 4.78 is 23.3. The number of fused-ring (bicyclic) bond motifs is 1. The van der Waals surface area contributed by atoms with E-state index in [0.29, 0.717) is 10.1 Å². The van der Waals surface area contributed by atoms with Crippen molar-refractivity contribution in [2.75, 3.05) is 0 Å². The molecule has 0 radical (unpaired) electrons. The molecule has 0 aliphatic rings. The molecule has 2 rings (SSSR count). The highest BCUT2D eigenvalue weighted by atomic mass is 32.2. The maximum atomic E-state index is 11.4. The standard InChI is InChI=1S/C9H7NO4S2/c10-16(13,14)8-5-3-1-2-4-6(5)15-7(8)9(11)12/h1-4H,(H,11,12)(H2,10,13,14). The van der Waals surface area contributed by atoms with Gasteiger partial charge in [0.25, 0.3) is 0 Å². The number of thiophene rings is 1. The Morgan fingerprint density at radius 1 is 1.31 bits per heavy atom. The third-order valence-corrected chi connectivity index (χ3v) is 4.31. The summed E-state index contributed by atoms with van der Waals surface area (Å²) in [6.07, 6.45) is 0. The Balaban J connectivity index is 2.97. The van der Waals surface area contributed by atoms with E-state index in [1.807, 2.05) is 0 Å². The predicted molar refractivity (Wildman–Crippen MR) is 60.2 cm³/mol. The van der Waals surface area contributed by atoms with Crippen molar-refractivity contribution in [1.82, 2.24) is 0 Å². The van der Waals surface area contributed by atoms with Gasteiger partial charge in [0.1, 0.15) is 9.77 Å². The average molecular weight is 257 g/mol. The second-order valence-corrected chi connectivity index (χ2v) is 5.66. The zero-order chi connectivity index (χ0) is 11.9. The van der Waals surface area contributed by atoms with Crippen molar-refractivity contribution < 1.29 is 18.3 Å². The van der Waals surface area contributed by atoms with E-state index in [9.17, 15) is 13.2 Å². The van der Waals surface area contributed by atoms with Crippen molar-refractivity contribution >= 4 is 37.4 Å². The second-order valence-electron chi connectivity index (χ2n) is 3.11. The van der Waals surface area contributed by atoms with Crippen LogP contribution in [0.1, 0.15) is 9.67 Å². The Hall–Kier alpha value is -1.44. The third kappa shape index (κ3) is 1.69. The van der Waals surface area contributed by atoms with Crippen LogP contribution in [-0.2, 0) is 10.0 Å². The number of carboxylic acid groups (broad SMARTS) is 1. The van der Waals surface area contributed by atoms with Gasteiger partial charge in [0.05, 0.1) is 0 Å². The predicted octanol–water partition coefficient (Wildman–Crippen LogP) is 1.25. The van der Waals surface area contributed by atoms with E-state index in [-0.39, 0.29) is 9.77 Å². The molecule has 3 N–H and O–H groups in total. The Morgan fingerprint density at radius 2 is 1.94 bits per heavy atom. The normalized spacial score (nSPS) is 11.8. The van der Waals surface area contributed by atoms with E-state index < -0.39 is 16.0 Å². The molecule has 1 aromatic heterocycles. The van der Waals surface area contributed by atoms with Gasteiger partial charge in [-0.3, -0.25) is 0 Å². The summed E-state index contributed by atoms with van der Waals surface area (Å²) in [6, 6.07) is 6.53. The molecular weight excluding hydrogens is 250 g/mol. The zero-order valence-electron chi connectivity index (χ0n) is 7.88. The summed E-state index contributed by atoms with van der Waals surface area (Å²) in [4.78, 5) is 10.4. The molecule has 0 saturated heterocycles. The maximum absolute atomic E-state index is 11.4. The van der Waals surface area contributed by atoms with E-state index >= 15 is 0 Å². The van der Waals surface area contributed by atoms with E-state index in [1.54, 1.807) is 18.2 Å². The molecule has 0 spiro atoms. The van der Waals surface area contributed by atoms with E-state index in [0.717, 1.165) is 11.3 Å². The minimum absolute atomic E-state index is 0.247. The summed E-state index contributed by atoms with van der Waals surface area (Å²) in [5, 5.41) is 14.3. The SMILES string of the molecule is NS(=O)(=O)c1c(C(=O)O)sc2ccccc12. The van der Waals surface area contributed by atoms with Gasteiger partial charge >= 0.3 is 5.97 Å². The molecule has 1 aromatic carbocycles. The molecule has 0 fully saturated rings. The maximum Gasteiger partial charge on any atom is 0.347 e. The minimum atomic E-state index is -4.03. The van der Waals surface area contributed by atoms with Crippen molar-refractivity contribution in [2.45, 2.75) is 4.90 Å². The van der Waals surface area contributed by atoms with Gasteiger partial charge in [-0.1, -0.05) is 18.2 Å². The van der Waals surface area contributed by atoms with Crippen LogP contribution in [0.4, 0.5) is 0 Å². The van der Waals surface area contributed by atoms with E-state index in [2.05, 4.69) is 0 Å². The summed E-state index contributed by atoms with van der Waals surface area (Å²) in [5.74, 6) is -1.29. The van der Waals surface area contributed by atoms with Crippen molar-refractivity contribution in [3.05, 3.63) is 29.1 Å². The summed E-state index contributed by atoms with van der Waals surface area (Å²) in [6.45, 7) is 0. The van der Waals surface area contributed by atoms with E-state index in [4.69, 9.17) is 10.2 Å². The molecule has 5 nitrogen and oxygen atoms in total. The number of rotatable bonds is 2. The fourth-order valence-electron chi connectivity index (χ4n) is 1.45. The fraction of sp³-hybridized carbons (Fsp3) is 0. The molecule has 2 aromatic rings. The Bertz CT molecular complexity index is 672. The largest absolute Gasteiger partial charge is 0.477 e. The molecule has 0 atom stereocenters. The lowest BCUT2D eigenvalue weighted by atomic mass is 10.2. The van der Waals surface area contributed by atoms with Crippen molar-refractivity contribution in [3.63, 3.8) is 0 Å². The van der Waals surface area contributed by atoms with Crippen LogP contribution in [-0.4, -0.2) is 19.5 Å². The second kappa shape index (κ2) is 3.55. The molecule has 16 heavy (non-hydrogen) atoms. The van der Waals surface area contributed by atoms with Gasteiger partial charge in [-0.05, 0) is 6.07 Å². The highest BCUT2D eigenvalue weighted by Crippen LogP contribution is 2.33. The Kier molecular flexibility index (Phi) is 2.45. The van der Waals surface area contributed by atoms with Gasteiger partial charge in [-0.15, -0.1) is 11.3 Å². The zero-order valence-corrected chi connectivity index (χ0v) is 9.51. The lowest BCUT2D eigenvalue weighted by Gasteiger charge is -1.97. The minimum Gasteiger partial charge on any atom is -0.477 e. The van der Waals surface area contributed by atoms with Gasteiger partial charge < -0.3 is 5.11 Å². The van der Waals surface area contributed by atoms with Crippen LogP contribution >= 0.6 is 11.3 Å². The van der Waals surface area contributed by atoms with Crippen molar-refractivity contribution in [1.29, 1.82) is 0 Å². The third-order valence-electron chi connectivity index (χ3n) is 2.03. The molecule has 0 amide bonds. The quantitative estimate of drug-likeness (QED) is 0.845. The van der Waals surface area contributed by atoms with Crippen LogP contribution in [0.25, 0.3) is 10.1 Å². The van der Waals surface area contributed by atoms with Gasteiger partial charge in [-0.25, -0.2) is 18.4 Å². The van der Waals surface area contributed by atoms with Crippen LogP contribution < -0.4 is 5.14 Å². The molecule has 84 valence electrons. The summed E-state index contributed by atoms with van der Waals surface area (Å²) in [7, 11) is -4.03. The van der Waals surface area contributed by atoms with Crippen molar-refractivity contribution in [2.24, 2.45) is 5.14 Å². The van der Waals surface area contributed by atoms with Crippen molar-refractivity contribution in [3.8, 4) is 0 Å². The van der Waals surface area contributed by atoms with Crippen LogP contribution in [0.2, 0.25) is 0 Å². The topological polar surface area (TPSA) is 97.5 Å². The van der Waals surface area contributed by atoms with Gasteiger partial charge in [0.15, 0.2) is 0 Å². The lowest BCUT2D eigenvalue weighted by molar-refractivity contribution is 0.0698. The first kappa shape index (κ1) is 11.1. The Morgan fingerprint density at radius 3 is 2.50 bits per heavy atom. The highest BCUT2D eigenvalue weighted by molar-refractivity contribution is 7.89. The molecule has 1 heterocycles. The number of nitrogens with two attached hydrogens (primary N) is 1. The molecular formula is C9H7NO4S2. The van der Waals surface area contributed by atoms with E-state index in [1.165, 1.54) is 6.07 Å². The number of benzene rings is 1.